The van der Waals surface area contributed by atoms with Gasteiger partial charge in [0.15, 0.2) is 0 Å². The third kappa shape index (κ3) is 3.24. The zero-order valence-electron chi connectivity index (χ0n) is 10.4. The van der Waals surface area contributed by atoms with Crippen molar-refractivity contribution in [3.05, 3.63) is 18.2 Å². The van der Waals surface area contributed by atoms with Gasteiger partial charge in [-0.05, 0) is 25.5 Å². The Bertz CT molecular complexity index is 333. The summed E-state index contributed by atoms with van der Waals surface area (Å²) in [5.41, 5.74) is 2.99. The average Bonchev–Trinajstić information content (AvgIpc) is 2.84. The molecule has 0 amide bonds. The van der Waals surface area contributed by atoms with Crippen molar-refractivity contribution in [1.82, 2.24) is 15.0 Å². The molecular formula is C12H22N4S. The van der Waals surface area contributed by atoms with Gasteiger partial charge in [-0.2, -0.15) is 11.8 Å². The van der Waals surface area contributed by atoms with Gasteiger partial charge in [-0.1, -0.05) is 6.42 Å². The predicted molar refractivity (Wildman–Crippen MR) is 72.8 cm³/mol. The summed E-state index contributed by atoms with van der Waals surface area (Å²) in [6, 6.07) is 0.341. The molecule has 2 heterocycles. The van der Waals surface area contributed by atoms with Crippen molar-refractivity contribution >= 4 is 11.8 Å². The van der Waals surface area contributed by atoms with E-state index in [0.717, 1.165) is 18.8 Å². The van der Waals surface area contributed by atoms with Gasteiger partial charge < -0.3 is 4.57 Å². The predicted octanol–water partition coefficient (Wildman–Crippen LogP) is 1.56. The number of aryl methyl sites for hydroxylation is 1. The van der Waals surface area contributed by atoms with Crippen LogP contribution in [0.5, 0.6) is 0 Å². The minimum atomic E-state index is 0.341. The normalized spacial score (nSPS) is 22.6. The summed E-state index contributed by atoms with van der Waals surface area (Å²) in [6.45, 7) is 3.12. The maximum absolute atomic E-state index is 5.71. The highest BCUT2D eigenvalue weighted by atomic mass is 32.2. The van der Waals surface area contributed by atoms with Crippen LogP contribution in [0.1, 0.15) is 32.0 Å². The Labute approximate surface area is 107 Å². The van der Waals surface area contributed by atoms with Gasteiger partial charge in [0.1, 0.15) is 5.82 Å². The lowest BCUT2D eigenvalue weighted by molar-refractivity contribution is 0.457. The van der Waals surface area contributed by atoms with Crippen LogP contribution in [0.3, 0.4) is 0 Å². The SMILES string of the molecule is CCn1ccnc1CC(NN)C1CCCCS1. The van der Waals surface area contributed by atoms with E-state index in [1.54, 1.807) is 0 Å². The van der Waals surface area contributed by atoms with Crippen molar-refractivity contribution in [1.29, 1.82) is 0 Å². The Morgan fingerprint density at radius 1 is 1.65 bits per heavy atom. The number of nitrogens with one attached hydrogen (secondary N) is 1. The van der Waals surface area contributed by atoms with Crippen LogP contribution in [0.15, 0.2) is 12.4 Å². The number of rotatable bonds is 5. The first-order chi connectivity index (χ1) is 8.35. The summed E-state index contributed by atoms with van der Waals surface area (Å²) >= 11 is 2.05. The Hall–Kier alpha value is -0.520. The number of aromatic nitrogens is 2. The van der Waals surface area contributed by atoms with Crippen LogP contribution in [0.4, 0.5) is 0 Å². The molecule has 2 atom stereocenters. The molecule has 1 aromatic rings. The molecule has 2 unspecified atom stereocenters. The molecule has 0 aliphatic carbocycles. The molecule has 1 aromatic heterocycles. The van der Waals surface area contributed by atoms with E-state index in [2.05, 4.69) is 33.7 Å². The number of hydrogen-bond acceptors (Lipinski definition) is 4. The Balaban J connectivity index is 1.98. The largest absolute Gasteiger partial charge is 0.335 e. The quantitative estimate of drug-likeness (QED) is 0.618. The topological polar surface area (TPSA) is 55.9 Å². The van der Waals surface area contributed by atoms with Gasteiger partial charge in [0.05, 0.1) is 0 Å². The van der Waals surface area contributed by atoms with Gasteiger partial charge in [0, 0.05) is 36.7 Å². The second kappa shape index (κ2) is 6.42. The molecule has 0 radical (unpaired) electrons. The second-order valence-electron chi connectivity index (χ2n) is 4.51. The molecule has 96 valence electrons. The molecule has 5 heteroatoms. The van der Waals surface area contributed by atoms with Crippen LogP contribution in [0.25, 0.3) is 0 Å². The van der Waals surface area contributed by atoms with Crippen LogP contribution < -0.4 is 11.3 Å². The van der Waals surface area contributed by atoms with E-state index in [9.17, 15) is 0 Å². The molecule has 0 saturated carbocycles. The summed E-state index contributed by atoms with van der Waals surface area (Å²) in [5.74, 6) is 8.12. The van der Waals surface area contributed by atoms with E-state index >= 15 is 0 Å². The summed E-state index contributed by atoms with van der Waals surface area (Å²) in [6.07, 6.45) is 8.79. The summed E-state index contributed by atoms with van der Waals surface area (Å²) in [5, 5.41) is 0.635. The first kappa shape index (κ1) is 12.9. The fraction of sp³-hybridized carbons (Fsp3) is 0.750. The Morgan fingerprint density at radius 3 is 3.18 bits per heavy atom. The fourth-order valence-corrected chi connectivity index (χ4v) is 3.81. The van der Waals surface area contributed by atoms with Gasteiger partial charge in [-0.3, -0.25) is 11.3 Å². The van der Waals surface area contributed by atoms with E-state index < -0.39 is 0 Å². The molecule has 0 aromatic carbocycles. The lowest BCUT2D eigenvalue weighted by Gasteiger charge is -2.29. The van der Waals surface area contributed by atoms with Crippen molar-refractivity contribution in [2.45, 2.75) is 50.4 Å². The first-order valence-corrected chi connectivity index (χ1v) is 7.47. The molecule has 3 N–H and O–H groups in total. The molecule has 1 aliphatic heterocycles. The highest BCUT2D eigenvalue weighted by Crippen LogP contribution is 2.28. The van der Waals surface area contributed by atoms with E-state index in [1.807, 2.05) is 12.4 Å². The first-order valence-electron chi connectivity index (χ1n) is 6.43. The number of imidazole rings is 1. The summed E-state index contributed by atoms with van der Waals surface area (Å²) in [4.78, 5) is 4.43. The van der Waals surface area contributed by atoms with Crippen LogP contribution in [-0.2, 0) is 13.0 Å². The molecular weight excluding hydrogens is 232 g/mol. The maximum atomic E-state index is 5.71. The number of hydrogen-bond donors (Lipinski definition) is 2. The highest BCUT2D eigenvalue weighted by molar-refractivity contribution is 8.00. The average molecular weight is 254 g/mol. The van der Waals surface area contributed by atoms with Crippen molar-refractivity contribution < 1.29 is 0 Å². The Morgan fingerprint density at radius 2 is 2.53 bits per heavy atom. The third-order valence-electron chi connectivity index (χ3n) is 3.42. The Kier molecular flexibility index (Phi) is 4.88. The van der Waals surface area contributed by atoms with Gasteiger partial charge in [0.2, 0.25) is 0 Å². The lowest BCUT2D eigenvalue weighted by atomic mass is 10.0. The van der Waals surface area contributed by atoms with Crippen LogP contribution in [-0.4, -0.2) is 26.6 Å². The van der Waals surface area contributed by atoms with Crippen LogP contribution in [0.2, 0.25) is 0 Å². The second-order valence-corrected chi connectivity index (χ2v) is 5.86. The minimum Gasteiger partial charge on any atom is -0.335 e. The number of hydrazine groups is 1. The number of nitrogens with two attached hydrogens (primary N) is 1. The van der Waals surface area contributed by atoms with Gasteiger partial charge in [-0.15, -0.1) is 0 Å². The van der Waals surface area contributed by atoms with Gasteiger partial charge in [-0.25, -0.2) is 4.98 Å². The highest BCUT2D eigenvalue weighted by Gasteiger charge is 2.24. The molecule has 1 saturated heterocycles. The molecule has 0 spiro atoms. The minimum absolute atomic E-state index is 0.341. The van der Waals surface area contributed by atoms with Crippen molar-refractivity contribution in [2.24, 2.45) is 5.84 Å². The standard InChI is InChI=1S/C12H22N4S/c1-2-16-7-6-14-12(16)9-10(15-13)11-5-3-4-8-17-11/h6-7,10-11,15H,2-5,8-9,13H2,1H3. The molecule has 1 aliphatic rings. The molecule has 2 rings (SSSR count). The number of thioether (sulfide) groups is 1. The molecule has 0 bridgehead atoms. The zero-order valence-corrected chi connectivity index (χ0v) is 11.2. The van der Waals surface area contributed by atoms with Crippen molar-refractivity contribution in [3.63, 3.8) is 0 Å². The molecule has 1 fully saturated rings. The number of nitrogens with zero attached hydrogens (tertiary/aromatic N) is 2. The van der Waals surface area contributed by atoms with Crippen molar-refractivity contribution in [2.75, 3.05) is 5.75 Å². The smallest absolute Gasteiger partial charge is 0.110 e. The van der Waals surface area contributed by atoms with Gasteiger partial charge in [0.25, 0.3) is 0 Å². The lowest BCUT2D eigenvalue weighted by Crippen LogP contribution is -2.45. The fourth-order valence-electron chi connectivity index (χ4n) is 2.40. The van der Waals surface area contributed by atoms with E-state index in [0.29, 0.717) is 11.3 Å². The van der Waals surface area contributed by atoms with Crippen LogP contribution >= 0.6 is 11.8 Å². The monoisotopic (exact) mass is 254 g/mol. The van der Waals surface area contributed by atoms with Crippen molar-refractivity contribution in [3.8, 4) is 0 Å². The molecule has 4 nitrogen and oxygen atoms in total. The third-order valence-corrected chi connectivity index (χ3v) is 4.94. The zero-order chi connectivity index (χ0) is 12.1. The molecule has 17 heavy (non-hydrogen) atoms. The summed E-state index contributed by atoms with van der Waals surface area (Å²) in [7, 11) is 0. The van der Waals surface area contributed by atoms with Crippen LogP contribution in [0, 0.1) is 0 Å². The van der Waals surface area contributed by atoms with E-state index in [4.69, 9.17) is 5.84 Å². The van der Waals surface area contributed by atoms with E-state index in [-0.39, 0.29) is 0 Å². The van der Waals surface area contributed by atoms with Gasteiger partial charge >= 0.3 is 0 Å². The summed E-state index contributed by atoms with van der Waals surface area (Å²) < 4.78 is 2.19. The maximum Gasteiger partial charge on any atom is 0.110 e. The van der Waals surface area contributed by atoms with E-state index in [1.165, 1.54) is 25.0 Å².